The molecule has 0 spiro atoms. The Kier molecular flexibility index (Phi) is 6.83. The first kappa shape index (κ1) is 22.5. The van der Waals surface area contributed by atoms with Crippen LogP contribution in [0.15, 0.2) is 40.2 Å². The summed E-state index contributed by atoms with van der Waals surface area (Å²) in [4.78, 5) is 5.62. The van der Waals surface area contributed by atoms with Gasteiger partial charge in [0.2, 0.25) is 10.0 Å². The lowest BCUT2D eigenvalue weighted by atomic mass is 10.0. The van der Waals surface area contributed by atoms with E-state index < -0.39 is 26.9 Å². The second kappa shape index (κ2) is 9.41. The predicted molar refractivity (Wildman–Crippen MR) is 120 cm³/mol. The standard InChI is InChI=1S/C20H21ClF2N4O2S2/c21-19-16(5-6-17(20(19)23)31(28,29)26-18-11-30-12-25-18)24-9-14-13(3-1-4-15(14)22)10-27-7-2-8-27/h1,3-6,12,18,24,26H,2,7-11H2. The fourth-order valence-corrected chi connectivity index (χ4v) is 5.67. The van der Waals surface area contributed by atoms with Crippen LogP contribution >= 0.6 is 23.4 Å². The van der Waals surface area contributed by atoms with Gasteiger partial charge in [0.05, 0.1) is 11.2 Å². The summed E-state index contributed by atoms with van der Waals surface area (Å²) in [5.74, 6) is -0.986. The van der Waals surface area contributed by atoms with Crippen molar-refractivity contribution in [1.29, 1.82) is 0 Å². The van der Waals surface area contributed by atoms with Crippen LogP contribution < -0.4 is 10.0 Å². The number of nitrogens with zero attached hydrogens (tertiary/aromatic N) is 2. The normalized spacial score (nSPS) is 18.9. The summed E-state index contributed by atoms with van der Waals surface area (Å²) in [7, 11) is -4.13. The molecule has 4 rings (SSSR count). The van der Waals surface area contributed by atoms with Crippen molar-refractivity contribution < 1.29 is 17.2 Å². The van der Waals surface area contributed by atoms with Crippen LogP contribution in [0.2, 0.25) is 5.02 Å². The summed E-state index contributed by atoms with van der Waals surface area (Å²) in [5, 5.41) is 2.57. The van der Waals surface area contributed by atoms with E-state index in [1.807, 2.05) is 6.07 Å². The number of halogens is 3. The van der Waals surface area contributed by atoms with E-state index in [1.165, 1.54) is 23.9 Å². The first-order chi connectivity index (χ1) is 14.8. The van der Waals surface area contributed by atoms with Gasteiger partial charge in [-0.3, -0.25) is 9.89 Å². The van der Waals surface area contributed by atoms with Gasteiger partial charge in [0.25, 0.3) is 0 Å². The second-order valence-electron chi connectivity index (χ2n) is 7.32. The van der Waals surface area contributed by atoms with E-state index in [2.05, 4.69) is 19.9 Å². The monoisotopic (exact) mass is 486 g/mol. The highest BCUT2D eigenvalue weighted by Crippen LogP contribution is 2.31. The van der Waals surface area contributed by atoms with Gasteiger partial charge in [-0.25, -0.2) is 17.2 Å². The van der Waals surface area contributed by atoms with Gasteiger partial charge in [-0.15, -0.1) is 11.8 Å². The molecule has 1 fully saturated rings. The van der Waals surface area contributed by atoms with Crippen LogP contribution in [-0.4, -0.2) is 43.9 Å². The summed E-state index contributed by atoms with van der Waals surface area (Å²) < 4.78 is 56.6. The van der Waals surface area contributed by atoms with Crippen molar-refractivity contribution in [3.63, 3.8) is 0 Å². The molecule has 2 aliphatic heterocycles. The van der Waals surface area contributed by atoms with Crippen molar-refractivity contribution >= 4 is 44.6 Å². The highest BCUT2D eigenvalue weighted by molar-refractivity contribution is 8.12. The summed E-state index contributed by atoms with van der Waals surface area (Å²) in [6.45, 7) is 2.69. The molecule has 0 aromatic heterocycles. The zero-order valence-corrected chi connectivity index (χ0v) is 18.8. The summed E-state index contributed by atoms with van der Waals surface area (Å²) in [5.41, 5.74) is 3.05. The molecular formula is C20H21ClF2N4O2S2. The third kappa shape index (κ3) is 5.04. The molecule has 0 amide bonds. The molecule has 0 bridgehead atoms. The van der Waals surface area contributed by atoms with Gasteiger partial charge < -0.3 is 5.32 Å². The van der Waals surface area contributed by atoms with E-state index in [4.69, 9.17) is 11.6 Å². The third-order valence-corrected chi connectivity index (χ3v) is 7.84. The maximum Gasteiger partial charge on any atom is 0.245 e. The SMILES string of the molecule is O=S(=O)(NC1CSC=N1)c1ccc(NCc2c(F)cccc2CN2CCC2)c(Cl)c1F. The maximum absolute atomic E-state index is 14.8. The van der Waals surface area contributed by atoms with Gasteiger partial charge >= 0.3 is 0 Å². The molecule has 0 saturated carbocycles. The van der Waals surface area contributed by atoms with Crippen LogP contribution in [0.25, 0.3) is 0 Å². The average Bonchev–Trinajstić information content (AvgIpc) is 3.19. The Hall–Kier alpha value is -1.72. The quantitative estimate of drug-likeness (QED) is 0.593. The summed E-state index contributed by atoms with van der Waals surface area (Å²) >= 11 is 7.48. The van der Waals surface area contributed by atoms with Crippen LogP contribution in [-0.2, 0) is 23.1 Å². The van der Waals surface area contributed by atoms with E-state index in [0.29, 0.717) is 17.9 Å². The Morgan fingerprint density at radius 2 is 2.03 bits per heavy atom. The zero-order chi connectivity index (χ0) is 22.0. The fraction of sp³-hybridized carbons (Fsp3) is 0.350. The molecule has 2 heterocycles. The third-order valence-electron chi connectivity index (χ3n) is 5.21. The topological polar surface area (TPSA) is 73.8 Å². The molecule has 6 nitrogen and oxygen atoms in total. The molecule has 0 aliphatic carbocycles. The van der Waals surface area contributed by atoms with Crippen LogP contribution in [0.3, 0.4) is 0 Å². The van der Waals surface area contributed by atoms with Crippen molar-refractivity contribution in [3.8, 4) is 0 Å². The lowest BCUT2D eigenvalue weighted by Crippen LogP contribution is -2.36. The molecule has 2 N–H and O–H groups in total. The highest BCUT2D eigenvalue weighted by Gasteiger charge is 2.26. The summed E-state index contributed by atoms with van der Waals surface area (Å²) in [6, 6.07) is 7.43. The largest absolute Gasteiger partial charge is 0.380 e. The predicted octanol–water partition coefficient (Wildman–Crippen LogP) is 3.82. The zero-order valence-electron chi connectivity index (χ0n) is 16.4. The minimum Gasteiger partial charge on any atom is -0.380 e. The van der Waals surface area contributed by atoms with Crippen LogP contribution in [0.4, 0.5) is 14.5 Å². The average molecular weight is 487 g/mol. The van der Waals surface area contributed by atoms with Gasteiger partial charge in [0.1, 0.15) is 21.9 Å². The van der Waals surface area contributed by atoms with Gasteiger partial charge in [0, 0.05) is 24.4 Å². The minimum atomic E-state index is -4.13. The minimum absolute atomic E-state index is 0.0906. The van der Waals surface area contributed by atoms with Crippen molar-refractivity contribution in [1.82, 2.24) is 9.62 Å². The molecule has 166 valence electrons. The lowest BCUT2D eigenvalue weighted by Gasteiger charge is -2.31. The molecule has 11 heteroatoms. The number of rotatable bonds is 8. The van der Waals surface area contributed by atoms with Gasteiger partial charge in [-0.1, -0.05) is 23.7 Å². The number of nitrogens with one attached hydrogen (secondary N) is 2. The van der Waals surface area contributed by atoms with Crippen molar-refractivity contribution in [2.75, 3.05) is 24.2 Å². The molecule has 31 heavy (non-hydrogen) atoms. The second-order valence-corrected chi connectivity index (χ2v) is 10.3. The molecule has 1 atom stereocenters. The van der Waals surface area contributed by atoms with Gasteiger partial charge in [0.15, 0.2) is 5.82 Å². The lowest BCUT2D eigenvalue weighted by molar-refractivity contribution is 0.172. The fourth-order valence-electron chi connectivity index (χ4n) is 3.39. The van der Waals surface area contributed by atoms with E-state index >= 15 is 0 Å². The molecular weight excluding hydrogens is 466 g/mol. The van der Waals surface area contributed by atoms with Crippen molar-refractivity contribution in [2.45, 2.75) is 30.6 Å². The number of aliphatic imine (C=N–C) groups is 1. The Labute approximate surface area is 189 Å². The van der Waals surface area contributed by atoms with Gasteiger partial charge in [-0.2, -0.15) is 4.72 Å². The number of likely N-dealkylation sites (tertiary alicyclic amines) is 1. The summed E-state index contributed by atoms with van der Waals surface area (Å²) in [6.07, 6.45) is 0.491. The van der Waals surface area contributed by atoms with Crippen LogP contribution in [0.1, 0.15) is 17.5 Å². The number of sulfonamides is 1. The maximum atomic E-state index is 14.8. The number of hydrogen-bond donors (Lipinski definition) is 2. The van der Waals surface area contributed by atoms with E-state index in [1.54, 1.807) is 11.6 Å². The van der Waals surface area contributed by atoms with Crippen LogP contribution in [0, 0.1) is 11.6 Å². The first-order valence-corrected chi connectivity index (χ1v) is 12.6. The van der Waals surface area contributed by atoms with E-state index in [0.717, 1.165) is 31.1 Å². The Bertz CT molecular complexity index is 1110. The van der Waals surface area contributed by atoms with E-state index in [-0.39, 0.29) is 23.1 Å². The molecule has 2 aliphatic rings. The number of hydrogen-bond acceptors (Lipinski definition) is 6. The van der Waals surface area contributed by atoms with Crippen molar-refractivity contribution in [2.24, 2.45) is 4.99 Å². The Morgan fingerprint density at radius 1 is 1.23 bits per heavy atom. The first-order valence-electron chi connectivity index (χ1n) is 9.71. The van der Waals surface area contributed by atoms with Crippen molar-refractivity contribution in [3.05, 3.63) is 58.1 Å². The van der Waals surface area contributed by atoms with Crippen LogP contribution in [0.5, 0.6) is 0 Å². The molecule has 1 saturated heterocycles. The smallest absolute Gasteiger partial charge is 0.245 e. The van der Waals surface area contributed by atoms with E-state index in [9.17, 15) is 17.2 Å². The molecule has 0 radical (unpaired) electrons. The number of thioether (sulfide) groups is 1. The number of benzene rings is 2. The number of anilines is 1. The molecule has 2 aromatic rings. The molecule has 2 aromatic carbocycles. The van der Waals surface area contributed by atoms with Gasteiger partial charge in [-0.05, 0) is 43.3 Å². The molecule has 1 unspecified atom stereocenters. The Morgan fingerprint density at radius 3 is 2.71 bits per heavy atom. The Balaban J connectivity index is 1.51. The highest BCUT2D eigenvalue weighted by atomic mass is 35.5.